The molecule has 1 aliphatic carbocycles. The molecule has 0 aromatic rings. The van der Waals surface area contributed by atoms with Crippen molar-refractivity contribution in [1.29, 1.82) is 0 Å². The summed E-state index contributed by atoms with van der Waals surface area (Å²) in [4.78, 5) is 22.5. The molecule has 4 N–H and O–H groups in total. The molecular formula is C19H31NO7. The van der Waals surface area contributed by atoms with Crippen molar-refractivity contribution in [2.24, 2.45) is 17.0 Å². The fraction of sp³-hybridized carbons (Fsp3) is 0.737. The van der Waals surface area contributed by atoms with E-state index in [-0.39, 0.29) is 32.3 Å². The third-order valence-corrected chi connectivity index (χ3v) is 4.73. The number of esters is 1. The van der Waals surface area contributed by atoms with Crippen molar-refractivity contribution in [1.82, 2.24) is 0 Å². The van der Waals surface area contributed by atoms with E-state index in [0.29, 0.717) is 12.1 Å². The standard InChI is InChI=1S/C19H31NO7/c1-2-3-4-6-13(21)8-9-14-15(16(20-26)12-17(14)22)11-19(25)27-10-5-7-18(23)24/h8-9,13-15,17,21-22,26H,2-7,10-12H2,1H3,(H,23,24)/b9-8+,20-16-/t13-,14+,15+,17+/m0/s1. The summed E-state index contributed by atoms with van der Waals surface area (Å²) < 4.78 is 5.03. The Morgan fingerprint density at radius 2 is 2.07 bits per heavy atom. The molecule has 0 aromatic heterocycles. The van der Waals surface area contributed by atoms with Gasteiger partial charge in [-0.2, -0.15) is 0 Å². The maximum atomic E-state index is 12.0. The average molecular weight is 385 g/mol. The zero-order valence-corrected chi connectivity index (χ0v) is 15.8. The number of carboxylic acid groups (broad SMARTS) is 1. The molecule has 0 aromatic carbocycles. The topological polar surface area (TPSA) is 137 Å². The first kappa shape index (κ1) is 23.1. The van der Waals surface area contributed by atoms with Gasteiger partial charge in [0.15, 0.2) is 0 Å². The molecule has 1 aliphatic rings. The smallest absolute Gasteiger partial charge is 0.306 e. The van der Waals surface area contributed by atoms with Gasteiger partial charge in [-0.05, 0) is 12.8 Å². The first-order chi connectivity index (χ1) is 12.9. The fourth-order valence-electron chi connectivity index (χ4n) is 3.23. The van der Waals surface area contributed by atoms with Crippen LogP contribution in [0.1, 0.15) is 58.3 Å². The minimum absolute atomic E-state index is 0.00264. The Balaban J connectivity index is 2.61. The quantitative estimate of drug-likeness (QED) is 0.133. The predicted molar refractivity (Wildman–Crippen MR) is 98.6 cm³/mol. The van der Waals surface area contributed by atoms with Gasteiger partial charge in [-0.1, -0.05) is 43.5 Å². The van der Waals surface area contributed by atoms with Crippen molar-refractivity contribution in [2.45, 2.75) is 70.5 Å². The van der Waals surface area contributed by atoms with Crippen molar-refractivity contribution >= 4 is 17.7 Å². The highest BCUT2D eigenvalue weighted by Crippen LogP contribution is 2.34. The molecular weight excluding hydrogens is 354 g/mol. The fourth-order valence-corrected chi connectivity index (χ4v) is 3.23. The van der Waals surface area contributed by atoms with Gasteiger partial charge >= 0.3 is 11.9 Å². The summed E-state index contributed by atoms with van der Waals surface area (Å²) in [7, 11) is 0. The number of rotatable bonds is 12. The van der Waals surface area contributed by atoms with Gasteiger partial charge in [0, 0.05) is 24.7 Å². The monoisotopic (exact) mass is 385 g/mol. The van der Waals surface area contributed by atoms with Gasteiger partial charge in [0.2, 0.25) is 0 Å². The highest BCUT2D eigenvalue weighted by Gasteiger charge is 2.40. The van der Waals surface area contributed by atoms with Gasteiger partial charge in [-0.25, -0.2) is 0 Å². The Morgan fingerprint density at radius 3 is 2.70 bits per heavy atom. The molecule has 0 spiro atoms. The number of ether oxygens (including phenoxy) is 1. The lowest BCUT2D eigenvalue weighted by atomic mass is 9.90. The van der Waals surface area contributed by atoms with Crippen LogP contribution in [0, 0.1) is 11.8 Å². The van der Waals surface area contributed by atoms with E-state index in [1.807, 2.05) is 0 Å². The van der Waals surface area contributed by atoms with E-state index in [1.165, 1.54) is 0 Å². The van der Waals surface area contributed by atoms with Crippen LogP contribution in [0.3, 0.4) is 0 Å². The minimum Gasteiger partial charge on any atom is -0.481 e. The third-order valence-electron chi connectivity index (χ3n) is 4.73. The molecule has 0 saturated heterocycles. The number of unbranched alkanes of at least 4 members (excludes halogenated alkanes) is 2. The van der Waals surface area contributed by atoms with Crippen LogP contribution in [0.5, 0.6) is 0 Å². The summed E-state index contributed by atoms with van der Waals surface area (Å²) in [6, 6.07) is 0. The Kier molecular flexibility index (Phi) is 10.7. The largest absolute Gasteiger partial charge is 0.481 e. The highest BCUT2D eigenvalue weighted by molar-refractivity contribution is 5.92. The van der Waals surface area contributed by atoms with E-state index in [0.717, 1.165) is 19.3 Å². The lowest BCUT2D eigenvalue weighted by Crippen LogP contribution is -2.23. The normalized spacial score (nSPS) is 25.1. The van der Waals surface area contributed by atoms with Crippen LogP contribution in [0.15, 0.2) is 17.3 Å². The van der Waals surface area contributed by atoms with Crippen LogP contribution in [0.25, 0.3) is 0 Å². The van der Waals surface area contributed by atoms with Crippen LogP contribution in [0.2, 0.25) is 0 Å². The zero-order chi connectivity index (χ0) is 20.2. The maximum absolute atomic E-state index is 12.0. The van der Waals surface area contributed by atoms with Crippen LogP contribution < -0.4 is 0 Å². The summed E-state index contributed by atoms with van der Waals surface area (Å²) in [6.07, 6.45) is 5.72. The molecule has 1 saturated carbocycles. The van der Waals surface area contributed by atoms with Crippen molar-refractivity contribution in [2.75, 3.05) is 6.61 Å². The molecule has 0 heterocycles. The van der Waals surface area contributed by atoms with E-state index in [9.17, 15) is 19.8 Å². The van der Waals surface area contributed by atoms with Crippen LogP contribution in [-0.2, 0) is 14.3 Å². The predicted octanol–water partition coefficient (Wildman–Crippen LogP) is 2.11. The number of aliphatic carboxylic acids is 1. The zero-order valence-electron chi connectivity index (χ0n) is 15.8. The number of oxime groups is 1. The SMILES string of the molecule is CCCCC[C@H](O)/C=C/[C@H]1[C@H](O)C/C(=N/O)[C@@H]1CC(=O)OCCCC(=O)O. The van der Waals surface area contributed by atoms with E-state index in [1.54, 1.807) is 12.2 Å². The van der Waals surface area contributed by atoms with Gasteiger partial charge in [0.05, 0.1) is 30.9 Å². The molecule has 0 bridgehead atoms. The van der Waals surface area contributed by atoms with Crippen LogP contribution in [0.4, 0.5) is 0 Å². The van der Waals surface area contributed by atoms with Crippen molar-refractivity contribution in [3.63, 3.8) is 0 Å². The Morgan fingerprint density at radius 1 is 1.33 bits per heavy atom. The first-order valence-electron chi connectivity index (χ1n) is 9.51. The summed E-state index contributed by atoms with van der Waals surface area (Å²) in [6.45, 7) is 2.08. The Labute approximate surface area is 159 Å². The first-order valence-corrected chi connectivity index (χ1v) is 9.51. The molecule has 8 heteroatoms. The number of carbonyl (C=O) groups excluding carboxylic acids is 1. The molecule has 8 nitrogen and oxygen atoms in total. The molecule has 0 amide bonds. The Bertz CT molecular complexity index is 532. The molecule has 1 fully saturated rings. The van der Waals surface area contributed by atoms with E-state index in [2.05, 4.69) is 12.1 Å². The van der Waals surface area contributed by atoms with Crippen molar-refractivity contribution in [3.8, 4) is 0 Å². The molecule has 0 radical (unpaired) electrons. The van der Waals surface area contributed by atoms with Gasteiger partial charge in [0.1, 0.15) is 0 Å². The number of hydrogen-bond donors (Lipinski definition) is 4. The minimum atomic E-state index is -0.956. The van der Waals surface area contributed by atoms with Gasteiger partial charge in [0.25, 0.3) is 0 Å². The number of carbonyl (C=O) groups is 2. The van der Waals surface area contributed by atoms with Crippen molar-refractivity contribution in [3.05, 3.63) is 12.2 Å². The second kappa shape index (κ2) is 12.5. The summed E-state index contributed by atoms with van der Waals surface area (Å²) in [5.74, 6) is -2.47. The molecule has 27 heavy (non-hydrogen) atoms. The Hall–Kier alpha value is -1.93. The van der Waals surface area contributed by atoms with Gasteiger partial charge in [-0.3, -0.25) is 9.59 Å². The number of nitrogens with zero attached hydrogens (tertiary/aromatic N) is 1. The van der Waals surface area contributed by atoms with Crippen LogP contribution >= 0.6 is 0 Å². The number of aliphatic hydroxyl groups excluding tert-OH is 2. The molecule has 1 rings (SSSR count). The second-order valence-corrected chi connectivity index (χ2v) is 6.92. The van der Waals surface area contributed by atoms with Gasteiger partial charge in [-0.15, -0.1) is 0 Å². The maximum Gasteiger partial charge on any atom is 0.306 e. The summed E-state index contributed by atoms with van der Waals surface area (Å²) in [5.41, 5.74) is 0.320. The molecule has 0 aliphatic heterocycles. The highest BCUT2D eigenvalue weighted by atomic mass is 16.5. The lowest BCUT2D eigenvalue weighted by Gasteiger charge is -2.18. The summed E-state index contributed by atoms with van der Waals surface area (Å²) >= 11 is 0. The second-order valence-electron chi connectivity index (χ2n) is 6.92. The molecule has 4 atom stereocenters. The summed E-state index contributed by atoms with van der Waals surface area (Å²) in [5, 5.41) is 41.2. The van der Waals surface area contributed by atoms with E-state index < -0.39 is 36.0 Å². The number of aliphatic hydroxyl groups is 2. The molecule has 154 valence electrons. The lowest BCUT2D eigenvalue weighted by molar-refractivity contribution is -0.146. The van der Waals surface area contributed by atoms with Crippen LogP contribution in [-0.4, -0.2) is 57.0 Å². The van der Waals surface area contributed by atoms with Crippen molar-refractivity contribution < 1.29 is 34.9 Å². The average Bonchev–Trinajstić information content (AvgIpc) is 2.91. The van der Waals surface area contributed by atoms with E-state index in [4.69, 9.17) is 15.1 Å². The van der Waals surface area contributed by atoms with Gasteiger partial charge < -0.3 is 25.3 Å². The molecule has 0 unspecified atom stereocenters. The number of hydrogen-bond acceptors (Lipinski definition) is 7. The number of carboxylic acids is 1. The third kappa shape index (κ3) is 8.53. The van der Waals surface area contributed by atoms with E-state index >= 15 is 0 Å².